The highest BCUT2D eigenvalue weighted by molar-refractivity contribution is 5.78. The van der Waals surface area contributed by atoms with E-state index in [1.807, 2.05) is 0 Å². The number of aliphatic hydroxyl groups is 2. The van der Waals surface area contributed by atoms with Gasteiger partial charge in [0.25, 0.3) is 0 Å². The number of aliphatic carboxylic acids is 3. The van der Waals surface area contributed by atoms with Crippen LogP contribution >= 0.6 is 0 Å². The van der Waals surface area contributed by atoms with Crippen LogP contribution in [0.15, 0.2) is 0 Å². The number of carbonyl (C=O) groups excluding carboxylic acids is 6. The van der Waals surface area contributed by atoms with Crippen molar-refractivity contribution in [2.45, 2.75) is 209 Å². The minimum absolute atomic E-state index is 0.187. The van der Waals surface area contributed by atoms with E-state index in [1.165, 1.54) is 49.4 Å². The molecular formula is C54H84O34. The number of ether oxygens (including phenoxy) is 20. The molecule has 4 rings (SSSR count). The molecule has 0 saturated carbocycles. The van der Waals surface area contributed by atoms with E-state index in [0.29, 0.717) is 0 Å². The van der Waals surface area contributed by atoms with Crippen molar-refractivity contribution in [1.29, 1.82) is 0 Å². The largest absolute Gasteiger partial charge is 0.481 e. The first-order chi connectivity index (χ1) is 41.7. The summed E-state index contributed by atoms with van der Waals surface area (Å²) in [6, 6.07) is 0. The second-order valence-corrected chi connectivity index (χ2v) is 20.9. The maximum Gasteiger partial charge on any atom is 0.306 e. The Morgan fingerprint density at radius 3 is 1.48 bits per heavy atom. The van der Waals surface area contributed by atoms with Crippen LogP contribution in [-0.4, -0.2) is 283 Å². The minimum atomic E-state index is -1.96. The van der Waals surface area contributed by atoms with Gasteiger partial charge in [0.05, 0.1) is 77.2 Å². The molecule has 5 N–H and O–H groups in total. The lowest BCUT2D eigenvalue weighted by molar-refractivity contribution is -0.392. The predicted molar refractivity (Wildman–Crippen MR) is 283 cm³/mol. The SMILES string of the molecule is COCC1OC(OC2C(COC(C)=O)OC(OC3C(COC(=O)CCC(=O)O)OC(OC)C(OC)C3O)C(OC)C2OCC(C)OC(C)=O)C(OC(C)=O)C(OC(=O)CCC(=O)O)C1OC1OC(COCC(C)OC(=O)CCC(=O)O)C(C)C(OC)C1O. The van der Waals surface area contributed by atoms with Gasteiger partial charge < -0.3 is 120 Å². The summed E-state index contributed by atoms with van der Waals surface area (Å²) in [5, 5.41) is 51.3. The third-order valence-electron chi connectivity index (χ3n) is 14.0. The standard InChI is InChI=1S/C54H84O34/c1-24(79-38(65)16-13-35(60)61)18-74-21-30-26(3)42(70-8)41(68)51(81-30)87-45-31(20-69-7)83-54(50(80-29(6)57)48(45)85-39(66)17-14-36(62)63)88-44-33(22-75-27(4)55)84-53(49(72-10)47(44)77-19-25(2)78-28(5)56)86-43-32(23-76-37(64)15-12-34(58)59)82-52(73-11)46(71-9)40(43)67/h24-26,30-33,40-54,67-68H,12-23H2,1-11H3,(H,58,59)(H,60,61)(H,62,63). The van der Waals surface area contributed by atoms with E-state index in [9.17, 15) is 58.5 Å². The third kappa shape index (κ3) is 22.8. The average Bonchev–Trinajstić information content (AvgIpc) is 2.98. The molecule has 0 aromatic carbocycles. The van der Waals surface area contributed by atoms with Gasteiger partial charge in [-0.15, -0.1) is 0 Å². The van der Waals surface area contributed by atoms with Gasteiger partial charge in [0.2, 0.25) is 0 Å². The zero-order valence-electron chi connectivity index (χ0n) is 50.8. The lowest BCUT2D eigenvalue weighted by Crippen LogP contribution is -2.69. The van der Waals surface area contributed by atoms with Gasteiger partial charge in [0.15, 0.2) is 37.4 Å². The minimum Gasteiger partial charge on any atom is -0.481 e. The van der Waals surface area contributed by atoms with E-state index in [1.54, 1.807) is 6.92 Å². The fourth-order valence-corrected chi connectivity index (χ4v) is 9.96. The first-order valence-corrected chi connectivity index (χ1v) is 28.1. The predicted octanol–water partition coefficient (Wildman–Crippen LogP) is -1.43. The molecule has 22 unspecified atom stereocenters. The Kier molecular flexibility index (Phi) is 31.6. The molecule has 0 aromatic heterocycles. The molecule has 0 amide bonds. The van der Waals surface area contributed by atoms with Crippen molar-refractivity contribution >= 4 is 53.7 Å². The Labute approximate surface area is 506 Å². The van der Waals surface area contributed by atoms with Gasteiger partial charge in [-0.2, -0.15) is 0 Å². The maximum absolute atomic E-state index is 13.8. The molecule has 0 spiro atoms. The molecule has 0 bridgehead atoms. The molecule has 88 heavy (non-hydrogen) atoms. The van der Waals surface area contributed by atoms with Crippen molar-refractivity contribution in [3.63, 3.8) is 0 Å². The summed E-state index contributed by atoms with van der Waals surface area (Å²) >= 11 is 0. The number of methoxy groups -OCH3 is 5. The molecule has 34 heteroatoms. The summed E-state index contributed by atoms with van der Waals surface area (Å²) in [7, 11) is 6.22. The average molecular weight is 1280 g/mol. The topological polar surface area (TPSA) is 439 Å². The van der Waals surface area contributed by atoms with Crippen molar-refractivity contribution in [3.05, 3.63) is 0 Å². The van der Waals surface area contributed by atoms with Crippen LogP contribution in [0.1, 0.15) is 80.1 Å². The molecule has 34 nitrogen and oxygen atoms in total. The molecule has 4 saturated heterocycles. The Hall–Kier alpha value is -5.41. The molecular weight excluding hydrogens is 1190 g/mol. The third-order valence-corrected chi connectivity index (χ3v) is 14.0. The van der Waals surface area contributed by atoms with E-state index in [2.05, 4.69) is 0 Å². The van der Waals surface area contributed by atoms with Crippen molar-refractivity contribution in [3.8, 4) is 0 Å². The zero-order chi connectivity index (χ0) is 65.5. The van der Waals surface area contributed by atoms with Crippen LogP contribution in [0, 0.1) is 5.92 Å². The van der Waals surface area contributed by atoms with Crippen LogP contribution in [0.3, 0.4) is 0 Å². The van der Waals surface area contributed by atoms with Crippen molar-refractivity contribution in [2.75, 3.05) is 75.2 Å². The van der Waals surface area contributed by atoms with Gasteiger partial charge in [-0.3, -0.25) is 43.2 Å². The van der Waals surface area contributed by atoms with Crippen LogP contribution in [-0.2, 0) is 138 Å². The smallest absolute Gasteiger partial charge is 0.306 e. The molecule has 4 aliphatic rings. The van der Waals surface area contributed by atoms with Crippen molar-refractivity contribution in [2.24, 2.45) is 5.92 Å². The number of carboxylic acid groups (broad SMARTS) is 3. The van der Waals surface area contributed by atoms with Crippen LogP contribution in [0.2, 0.25) is 0 Å². The van der Waals surface area contributed by atoms with Crippen LogP contribution in [0.5, 0.6) is 0 Å². The molecule has 22 atom stereocenters. The van der Waals surface area contributed by atoms with E-state index in [0.717, 1.165) is 20.8 Å². The summed E-state index contributed by atoms with van der Waals surface area (Å²) in [6.45, 7) is 5.17. The fourth-order valence-electron chi connectivity index (χ4n) is 9.96. The van der Waals surface area contributed by atoms with E-state index < -0.39 is 247 Å². The highest BCUT2D eigenvalue weighted by atomic mass is 16.8. The summed E-state index contributed by atoms with van der Waals surface area (Å²) in [4.78, 5) is 111. The normalized spacial score (nSPS) is 33.0. The first kappa shape index (κ1) is 75.1. The van der Waals surface area contributed by atoms with Gasteiger partial charge in [0.1, 0.15) is 92.6 Å². The Morgan fingerprint density at radius 2 is 0.920 bits per heavy atom. The Morgan fingerprint density at radius 1 is 0.420 bits per heavy atom. The van der Waals surface area contributed by atoms with E-state index in [-0.39, 0.29) is 19.6 Å². The molecule has 4 heterocycles. The number of carbonyl (C=O) groups is 9. The van der Waals surface area contributed by atoms with Gasteiger partial charge in [-0.25, -0.2) is 0 Å². The number of aliphatic hydroxyl groups excluding tert-OH is 2. The van der Waals surface area contributed by atoms with Crippen LogP contribution < -0.4 is 0 Å². The summed E-state index contributed by atoms with van der Waals surface area (Å²) in [5.74, 6) is -9.98. The lowest BCUT2D eigenvalue weighted by atomic mass is 9.90. The molecule has 0 radical (unpaired) electrons. The Bertz CT molecular complexity index is 2250. The van der Waals surface area contributed by atoms with Crippen LogP contribution in [0.25, 0.3) is 0 Å². The quantitative estimate of drug-likeness (QED) is 0.0354. The second-order valence-electron chi connectivity index (χ2n) is 20.9. The number of rotatable bonds is 36. The first-order valence-electron chi connectivity index (χ1n) is 28.1. The van der Waals surface area contributed by atoms with Gasteiger partial charge in [-0.1, -0.05) is 6.92 Å². The molecule has 504 valence electrons. The Balaban J connectivity index is 1.83. The molecule has 0 aromatic rings. The number of hydrogen-bond donors (Lipinski definition) is 5. The highest BCUT2D eigenvalue weighted by Crippen LogP contribution is 2.39. The molecule has 0 aliphatic carbocycles. The maximum atomic E-state index is 13.8. The summed E-state index contributed by atoms with van der Waals surface area (Å²) < 4.78 is 119. The number of hydrogen-bond acceptors (Lipinski definition) is 31. The van der Waals surface area contributed by atoms with Gasteiger partial charge >= 0.3 is 53.7 Å². The van der Waals surface area contributed by atoms with Crippen molar-refractivity contribution < 1.29 is 163 Å². The zero-order valence-corrected chi connectivity index (χ0v) is 50.8. The van der Waals surface area contributed by atoms with Crippen LogP contribution in [0.4, 0.5) is 0 Å². The fraction of sp³-hybridized carbons (Fsp3) is 0.833. The van der Waals surface area contributed by atoms with E-state index in [4.69, 9.17) is 105 Å². The molecule has 4 aliphatic heterocycles. The highest BCUT2D eigenvalue weighted by Gasteiger charge is 2.59. The lowest BCUT2D eigenvalue weighted by Gasteiger charge is -2.51. The number of carboxylic acids is 3. The van der Waals surface area contributed by atoms with Gasteiger partial charge in [-0.05, 0) is 13.8 Å². The van der Waals surface area contributed by atoms with Crippen molar-refractivity contribution in [1.82, 2.24) is 0 Å². The van der Waals surface area contributed by atoms with Gasteiger partial charge in [0, 0.05) is 62.2 Å². The monoisotopic (exact) mass is 1280 g/mol. The molecule has 4 fully saturated rings. The second kappa shape index (κ2) is 37.1. The van der Waals surface area contributed by atoms with E-state index >= 15 is 0 Å². The summed E-state index contributed by atoms with van der Waals surface area (Å²) in [5.41, 5.74) is 0. The number of esters is 6. The summed E-state index contributed by atoms with van der Waals surface area (Å²) in [6.07, 6.45) is -35.0.